The molecule has 0 bridgehead atoms. The summed E-state index contributed by atoms with van der Waals surface area (Å²) in [7, 11) is -3.57. The Balaban J connectivity index is 2.34. The van der Waals surface area contributed by atoms with Crippen molar-refractivity contribution in [2.75, 3.05) is 13.2 Å². The lowest BCUT2D eigenvalue weighted by atomic mass is 10.0. The maximum absolute atomic E-state index is 12.5. The predicted octanol–water partition coefficient (Wildman–Crippen LogP) is 0.774. The molecule has 2 rings (SSSR count). The number of aliphatic hydroxyl groups is 1. The Morgan fingerprint density at radius 3 is 2.84 bits per heavy atom. The Morgan fingerprint density at radius 1 is 1.63 bits per heavy atom. The average Bonchev–Trinajstić information content (AvgIpc) is 2.95. The summed E-state index contributed by atoms with van der Waals surface area (Å²) in [5.74, 6) is 0.162. The molecule has 0 amide bonds. The fraction of sp³-hybridized carbons (Fsp3) is 0.545. The maximum Gasteiger partial charge on any atom is 0.252 e. The Hall–Kier alpha value is -0.540. The molecule has 0 radical (unpaired) electrons. The minimum absolute atomic E-state index is 0.159. The number of aliphatic hydroxyl groups excluding tert-OH is 1. The lowest BCUT2D eigenvalue weighted by Crippen LogP contribution is -2.39. The van der Waals surface area contributed by atoms with Gasteiger partial charge in [-0.05, 0) is 24.5 Å². The zero-order chi connectivity index (χ0) is 14.2. The zero-order valence-electron chi connectivity index (χ0n) is 10.4. The molecule has 3 N–H and O–H groups in total. The van der Waals surface area contributed by atoms with Gasteiger partial charge in [-0.1, -0.05) is 19.1 Å². The van der Waals surface area contributed by atoms with Gasteiger partial charge >= 0.3 is 0 Å². The molecule has 1 aromatic heterocycles. The highest BCUT2D eigenvalue weighted by molar-refractivity contribution is 7.91. The zero-order valence-corrected chi connectivity index (χ0v) is 12.9. The SMILES string of the molecule is CC1CCN(S(=O)(=O)c2ccc(C(N)=S)s2)C1CO. The van der Waals surface area contributed by atoms with Gasteiger partial charge in [-0.25, -0.2) is 8.42 Å². The van der Waals surface area contributed by atoms with Crippen LogP contribution in [0.5, 0.6) is 0 Å². The van der Waals surface area contributed by atoms with Gasteiger partial charge in [0.25, 0.3) is 10.0 Å². The van der Waals surface area contributed by atoms with Crippen molar-refractivity contribution in [1.29, 1.82) is 0 Å². The van der Waals surface area contributed by atoms with E-state index in [9.17, 15) is 13.5 Å². The molecule has 106 valence electrons. The minimum Gasteiger partial charge on any atom is -0.395 e. The van der Waals surface area contributed by atoms with Crippen LogP contribution in [0.25, 0.3) is 0 Å². The van der Waals surface area contributed by atoms with E-state index in [0.29, 0.717) is 11.4 Å². The van der Waals surface area contributed by atoms with Crippen LogP contribution in [0.2, 0.25) is 0 Å². The average molecular weight is 320 g/mol. The third kappa shape index (κ3) is 2.68. The van der Waals surface area contributed by atoms with Gasteiger partial charge in [-0.3, -0.25) is 0 Å². The number of thiocarbonyl (C=S) groups is 1. The molecule has 5 nitrogen and oxygen atoms in total. The van der Waals surface area contributed by atoms with Crippen molar-refractivity contribution in [3.63, 3.8) is 0 Å². The van der Waals surface area contributed by atoms with Gasteiger partial charge in [0.15, 0.2) is 0 Å². The van der Waals surface area contributed by atoms with E-state index in [4.69, 9.17) is 18.0 Å². The molecule has 1 aliphatic heterocycles. The first-order chi connectivity index (χ1) is 8.87. The topological polar surface area (TPSA) is 83.6 Å². The summed E-state index contributed by atoms with van der Waals surface area (Å²) >= 11 is 5.91. The predicted molar refractivity (Wildman–Crippen MR) is 78.8 cm³/mol. The molecular weight excluding hydrogens is 304 g/mol. The summed E-state index contributed by atoms with van der Waals surface area (Å²) in [5.41, 5.74) is 5.49. The minimum atomic E-state index is -3.57. The van der Waals surface area contributed by atoms with E-state index in [0.717, 1.165) is 17.8 Å². The van der Waals surface area contributed by atoms with E-state index in [2.05, 4.69) is 0 Å². The Bertz CT molecular complexity index is 582. The van der Waals surface area contributed by atoms with E-state index in [1.165, 1.54) is 10.4 Å². The fourth-order valence-corrected chi connectivity index (χ4v) is 5.46. The Kier molecular flexibility index (Phi) is 4.26. The van der Waals surface area contributed by atoms with Gasteiger partial charge in [0.1, 0.15) is 9.20 Å². The molecular formula is C11H16N2O3S3. The standard InChI is InChI=1S/C11H16N2O3S3/c1-7-4-5-13(8(7)6-14)19(15,16)10-3-2-9(18-10)11(12)17/h2-3,7-8,14H,4-6H2,1H3,(H2,12,17). The number of hydrogen-bond donors (Lipinski definition) is 2. The first kappa shape index (κ1) is 14.9. The summed E-state index contributed by atoms with van der Waals surface area (Å²) in [5, 5.41) is 9.37. The van der Waals surface area contributed by atoms with E-state index >= 15 is 0 Å². The highest BCUT2D eigenvalue weighted by atomic mass is 32.2. The van der Waals surface area contributed by atoms with Crippen molar-refractivity contribution in [2.24, 2.45) is 11.7 Å². The third-order valence-corrected chi connectivity index (χ3v) is 7.27. The molecule has 1 aromatic rings. The molecule has 0 aliphatic carbocycles. The van der Waals surface area contributed by atoms with Crippen molar-refractivity contribution < 1.29 is 13.5 Å². The van der Waals surface area contributed by atoms with Crippen molar-refractivity contribution in [2.45, 2.75) is 23.6 Å². The molecule has 1 saturated heterocycles. The van der Waals surface area contributed by atoms with Crippen molar-refractivity contribution in [3.05, 3.63) is 17.0 Å². The van der Waals surface area contributed by atoms with E-state index in [1.807, 2.05) is 6.92 Å². The van der Waals surface area contributed by atoms with Crippen LogP contribution in [0.3, 0.4) is 0 Å². The largest absolute Gasteiger partial charge is 0.395 e. The molecule has 0 aromatic carbocycles. The van der Waals surface area contributed by atoms with Crippen LogP contribution >= 0.6 is 23.6 Å². The molecule has 2 atom stereocenters. The van der Waals surface area contributed by atoms with Gasteiger partial charge in [0.2, 0.25) is 0 Å². The van der Waals surface area contributed by atoms with Crippen molar-refractivity contribution in [3.8, 4) is 0 Å². The number of nitrogens with zero attached hydrogens (tertiary/aromatic N) is 1. The second-order valence-corrected chi connectivity index (χ2v) is 8.26. The Labute approximate surface area is 122 Å². The molecule has 1 aliphatic rings. The van der Waals surface area contributed by atoms with Gasteiger partial charge in [-0.2, -0.15) is 4.31 Å². The lowest BCUT2D eigenvalue weighted by Gasteiger charge is -2.23. The highest BCUT2D eigenvalue weighted by Gasteiger charge is 2.39. The monoisotopic (exact) mass is 320 g/mol. The van der Waals surface area contributed by atoms with Gasteiger partial charge < -0.3 is 10.8 Å². The van der Waals surface area contributed by atoms with Gasteiger partial charge in [0, 0.05) is 6.54 Å². The first-order valence-corrected chi connectivity index (χ1v) is 8.56. The maximum atomic E-state index is 12.5. The van der Waals surface area contributed by atoms with E-state index in [-0.39, 0.29) is 27.8 Å². The normalized spacial score (nSPS) is 24.7. The summed E-state index contributed by atoms with van der Waals surface area (Å²) < 4.78 is 26.7. The van der Waals surface area contributed by atoms with Crippen molar-refractivity contribution in [1.82, 2.24) is 4.31 Å². The smallest absolute Gasteiger partial charge is 0.252 e. The highest BCUT2D eigenvalue weighted by Crippen LogP contribution is 2.32. The van der Waals surface area contributed by atoms with Crippen LogP contribution in [-0.4, -0.2) is 42.0 Å². The lowest BCUT2D eigenvalue weighted by molar-refractivity contribution is 0.191. The summed E-state index contributed by atoms with van der Waals surface area (Å²) in [6, 6.07) is 2.79. The quantitative estimate of drug-likeness (QED) is 0.801. The van der Waals surface area contributed by atoms with E-state index in [1.54, 1.807) is 6.07 Å². The van der Waals surface area contributed by atoms with Crippen LogP contribution in [0, 0.1) is 5.92 Å². The number of thiophene rings is 1. The second-order valence-electron chi connectivity index (χ2n) is 4.61. The Morgan fingerprint density at radius 2 is 2.32 bits per heavy atom. The number of rotatable bonds is 4. The van der Waals surface area contributed by atoms with Crippen LogP contribution in [-0.2, 0) is 10.0 Å². The van der Waals surface area contributed by atoms with Crippen molar-refractivity contribution >= 4 is 38.6 Å². The molecule has 19 heavy (non-hydrogen) atoms. The molecule has 2 unspecified atom stereocenters. The van der Waals surface area contributed by atoms with Gasteiger partial charge in [-0.15, -0.1) is 11.3 Å². The molecule has 2 heterocycles. The van der Waals surface area contributed by atoms with E-state index < -0.39 is 10.0 Å². The molecule has 1 fully saturated rings. The van der Waals surface area contributed by atoms with Gasteiger partial charge in [0.05, 0.1) is 17.5 Å². The van der Waals surface area contributed by atoms with Crippen LogP contribution in [0.15, 0.2) is 16.3 Å². The molecule has 0 spiro atoms. The number of nitrogens with two attached hydrogens (primary N) is 1. The molecule has 8 heteroatoms. The number of sulfonamides is 1. The fourth-order valence-electron chi connectivity index (χ4n) is 2.25. The first-order valence-electron chi connectivity index (χ1n) is 5.90. The third-order valence-electron chi connectivity index (χ3n) is 3.41. The second kappa shape index (κ2) is 5.45. The summed E-state index contributed by atoms with van der Waals surface area (Å²) in [6.07, 6.45) is 0.762. The summed E-state index contributed by atoms with van der Waals surface area (Å²) in [4.78, 5) is 0.779. The van der Waals surface area contributed by atoms with Crippen LogP contribution < -0.4 is 5.73 Å². The molecule has 0 saturated carbocycles. The summed E-state index contributed by atoms with van der Waals surface area (Å²) in [6.45, 7) is 2.23. The van der Waals surface area contributed by atoms with Crippen LogP contribution in [0.4, 0.5) is 0 Å². The number of hydrogen-bond acceptors (Lipinski definition) is 5. The van der Waals surface area contributed by atoms with Crippen LogP contribution in [0.1, 0.15) is 18.2 Å².